The SMILES string of the molecule is c1ccc(-c2nc(-c3cccc4oc5ccccc5c34)nc(-c3cccc4sc5ccc(-c6ccccc6-c6ccccc6-c6ccccc6)cc5c34)n2)cc1. The monoisotopic (exact) mass is 733 g/mol. The van der Waals surface area contributed by atoms with Crippen molar-refractivity contribution in [3.8, 4) is 67.5 Å². The lowest BCUT2D eigenvalue weighted by Crippen LogP contribution is -2.00. The fourth-order valence-electron chi connectivity index (χ4n) is 8.03. The van der Waals surface area contributed by atoms with Crippen LogP contribution in [-0.2, 0) is 0 Å². The lowest BCUT2D eigenvalue weighted by atomic mass is 9.89. The lowest BCUT2D eigenvalue weighted by Gasteiger charge is -2.15. The van der Waals surface area contributed by atoms with Crippen LogP contribution in [0.2, 0.25) is 0 Å². The molecule has 0 saturated heterocycles. The Morgan fingerprint density at radius 1 is 0.321 bits per heavy atom. The van der Waals surface area contributed by atoms with Gasteiger partial charge in [-0.3, -0.25) is 0 Å². The van der Waals surface area contributed by atoms with Crippen molar-refractivity contribution in [2.75, 3.05) is 0 Å². The second-order valence-corrected chi connectivity index (χ2v) is 15.0. The highest BCUT2D eigenvalue weighted by Gasteiger charge is 2.21. The molecule has 3 heterocycles. The maximum atomic E-state index is 6.28. The highest BCUT2D eigenvalue weighted by atomic mass is 32.1. The van der Waals surface area contributed by atoms with Gasteiger partial charge in [-0.2, -0.15) is 0 Å². The van der Waals surface area contributed by atoms with E-state index in [2.05, 4.69) is 140 Å². The zero-order valence-corrected chi connectivity index (χ0v) is 30.9. The molecule has 0 amide bonds. The predicted octanol–water partition coefficient (Wildman–Crippen LogP) is 14.1. The van der Waals surface area contributed by atoms with Crippen LogP contribution >= 0.6 is 11.3 Å². The van der Waals surface area contributed by atoms with Crippen molar-refractivity contribution in [2.24, 2.45) is 0 Å². The molecule has 0 N–H and O–H groups in total. The first-order valence-electron chi connectivity index (χ1n) is 18.7. The summed E-state index contributed by atoms with van der Waals surface area (Å²) < 4.78 is 8.68. The highest BCUT2D eigenvalue weighted by molar-refractivity contribution is 7.26. The third-order valence-electron chi connectivity index (χ3n) is 10.6. The summed E-state index contributed by atoms with van der Waals surface area (Å²) in [4.78, 5) is 15.6. The molecule has 8 aromatic carbocycles. The number of hydrogen-bond donors (Lipinski definition) is 0. The first-order valence-corrected chi connectivity index (χ1v) is 19.5. The van der Waals surface area contributed by atoms with Crippen LogP contribution in [0.3, 0.4) is 0 Å². The maximum Gasteiger partial charge on any atom is 0.164 e. The van der Waals surface area contributed by atoms with Crippen molar-refractivity contribution in [1.29, 1.82) is 0 Å². The number of thiophene rings is 1. The Morgan fingerprint density at radius 2 is 0.857 bits per heavy atom. The summed E-state index contributed by atoms with van der Waals surface area (Å²) in [5, 5.41) is 4.34. The van der Waals surface area contributed by atoms with Crippen molar-refractivity contribution in [3.05, 3.63) is 188 Å². The molecule has 0 fully saturated rings. The summed E-state index contributed by atoms with van der Waals surface area (Å²) in [7, 11) is 0. The predicted molar refractivity (Wildman–Crippen MR) is 233 cm³/mol. The van der Waals surface area contributed by atoms with Crippen LogP contribution < -0.4 is 0 Å². The minimum absolute atomic E-state index is 0.606. The molecule has 0 aliphatic heterocycles. The highest BCUT2D eigenvalue weighted by Crippen LogP contribution is 2.44. The van der Waals surface area contributed by atoms with Gasteiger partial charge >= 0.3 is 0 Å². The van der Waals surface area contributed by atoms with E-state index in [1.165, 1.54) is 42.6 Å². The number of fused-ring (bicyclic) bond motifs is 6. The van der Waals surface area contributed by atoms with Gasteiger partial charge in [-0.15, -0.1) is 11.3 Å². The second kappa shape index (κ2) is 13.3. The number of rotatable bonds is 6. The Labute approximate surface area is 327 Å². The van der Waals surface area contributed by atoms with Gasteiger partial charge in [-0.05, 0) is 63.7 Å². The summed E-state index contributed by atoms with van der Waals surface area (Å²) in [5.74, 6) is 1.86. The maximum absolute atomic E-state index is 6.28. The smallest absolute Gasteiger partial charge is 0.164 e. The zero-order chi connectivity index (χ0) is 37.0. The van der Waals surface area contributed by atoms with Crippen LogP contribution in [0.25, 0.3) is 110 Å². The van der Waals surface area contributed by atoms with E-state index in [0.29, 0.717) is 17.5 Å². The van der Waals surface area contributed by atoms with Crippen molar-refractivity contribution < 1.29 is 4.42 Å². The minimum atomic E-state index is 0.606. The quantitative estimate of drug-likeness (QED) is 0.171. The molecular formula is C51H31N3OS. The van der Waals surface area contributed by atoms with Gasteiger partial charge in [0, 0.05) is 47.6 Å². The van der Waals surface area contributed by atoms with Crippen molar-refractivity contribution in [3.63, 3.8) is 0 Å². The molecule has 262 valence electrons. The summed E-state index contributed by atoms with van der Waals surface area (Å²) in [6.45, 7) is 0. The van der Waals surface area contributed by atoms with Gasteiger partial charge in [-0.25, -0.2) is 15.0 Å². The van der Waals surface area contributed by atoms with Gasteiger partial charge in [0.2, 0.25) is 0 Å². The van der Waals surface area contributed by atoms with Crippen molar-refractivity contribution >= 4 is 53.4 Å². The van der Waals surface area contributed by atoms with Gasteiger partial charge in [0.25, 0.3) is 0 Å². The van der Waals surface area contributed by atoms with Gasteiger partial charge in [-0.1, -0.05) is 158 Å². The Morgan fingerprint density at radius 3 is 1.59 bits per heavy atom. The van der Waals surface area contributed by atoms with Crippen LogP contribution in [0.15, 0.2) is 192 Å². The number of hydrogen-bond acceptors (Lipinski definition) is 5. The second-order valence-electron chi connectivity index (χ2n) is 13.9. The minimum Gasteiger partial charge on any atom is -0.456 e. The van der Waals surface area contributed by atoms with E-state index in [0.717, 1.165) is 49.6 Å². The van der Waals surface area contributed by atoms with E-state index < -0.39 is 0 Å². The topological polar surface area (TPSA) is 51.8 Å². The number of nitrogens with zero attached hydrogens (tertiary/aromatic N) is 3. The fraction of sp³-hybridized carbons (Fsp3) is 0. The molecule has 5 heteroatoms. The zero-order valence-electron chi connectivity index (χ0n) is 30.1. The van der Waals surface area contributed by atoms with Crippen molar-refractivity contribution in [1.82, 2.24) is 15.0 Å². The number of aromatic nitrogens is 3. The Kier molecular flexibility index (Phi) is 7.64. The standard InChI is InChI=1S/C51H31N3OS/c1-3-15-32(16-4-1)35-19-7-9-21-37(35)38-22-10-8-20-36(38)34-29-30-45-42(31-34)48-41(25-14-28-46(48)56-45)51-53-49(33-17-5-2-6-18-33)52-50(54-51)40-24-13-27-44-47(40)39-23-11-12-26-43(39)55-44/h1-31H. The summed E-state index contributed by atoms with van der Waals surface area (Å²) in [5.41, 5.74) is 11.6. The Balaban J connectivity index is 1.12. The van der Waals surface area contributed by atoms with Gasteiger partial charge in [0.05, 0.1) is 0 Å². The summed E-state index contributed by atoms with van der Waals surface area (Å²) in [6, 6.07) is 65.8. The molecule has 3 aromatic heterocycles. The molecule has 0 unspecified atom stereocenters. The van der Waals surface area contributed by atoms with Crippen LogP contribution in [-0.4, -0.2) is 15.0 Å². The van der Waals surface area contributed by atoms with Gasteiger partial charge in [0.15, 0.2) is 17.5 Å². The van der Waals surface area contributed by atoms with E-state index in [-0.39, 0.29) is 0 Å². The molecule has 0 radical (unpaired) electrons. The molecule has 0 bridgehead atoms. The molecule has 11 rings (SSSR count). The Bertz CT molecular complexity index is 3260. The average molecular weight is 734 g/mol. The van der Waals surface area contributed by atoms with Crippen LogP contribution in [0.1, 0.15) is 0 Å². The lowest BCUT2D eigenvalue weighted by molar-refractivity contribution is 0.669. The Hall–Kier alpha value is -7.21. The van der Waals surface area contributed by atoms with Gasteiger partial charge in [0.1, 0.15) is 11.2 Å². The van der Waals surface area contributed by atoms with Crippen LogP contribution in [0, 0.1) is 0 Å². The molecule has 56 heavy (non-hydrogen) atoms. The molecule has 0 atom stereocenters. The molecule has 4 nitrogen and oxygen atoms in total. The largest absolute Gasteiger partial charge is 0.456 e. The number of furan rings is 1. The van der Waals surface area contributed by atoms with Gasteiger partial charge < -0.3 is 4.42 Å². The van der Waals surface area contributed by atoms with Crippen LogP contribution in [0.4, 0.5) is 0 Å². The van der Waals surface area contributed by atoms with E-state index >= 15 is 0 Å². The van der Waals surface area contributed by atoms with E-state index in [1.807, 2.05) is 48.5 Å². The molecule has 11 aromatic rings. The number of benzene rings is 8. The molecule has 0 spiro atoms. The number of para-hydroxylation sites is 1. The van der Waals surface area contributed by atoms with Crippen molar-refractivity contribution in [2.45, 2.75) is 0 Å². The van der Waals surface area contributed by atoms with Crippen LogP contribution in [0.5, 0.6) is 0 Å². The summed E-state index contributed by atoms with van der Waals surface area (Å²) in [6.07, 6.45) is 0. The summed E-state index contributed by atoms with van der Waals surface area (Å²) >= 11 is 1.80. The molecule has 0 aliphatic rings. The molecule has 0 aliphatic carbocycles. The average Bonchev–Trinajstić information content (AvgIpc) is 3.85. The van der Waals surface area contributed by atoms with E-state index in [9.17, 15) is 0 Å². The van der Waals surface area contributed by atoms with E-state index in [1.54, 1.807) is 11.3 Å². The third-order valence-corrected chi connectivity index (χ3v) is 11.7. The first kappa shape index (κ1) is 32.2. The third kappa shape index (κ3) is 5.40. The van der Waals surface area contributed by atoms with E-state index in [4.69, 9.17) is 19.4 Å². The molecular weight excluding hydrogens is 703 g/mol. The molecule has 0 saturated carbocycles. The normalized spacial score (nSPS) is 11.6. The fourth-order valence-corrected chi connectivity index (χ4v) is 9.14. The first-order chi connectivity index (χ1) is 27.8.